The first-order valence-electron chi connectivity index (χ1n) is 13.6. The Morgan fingerprint density at radius 3 is 2.26 bits per heavy atom. The number of nitrogens with one attached hydrogen (secondary N) is 1. The molecular formula is C32H32N8O3. The molecule has 3 aromatic carbocycles. The molecule has 0 amide bonds. The largest absolute Gasteiger partial charge is 0.465 e. The fourth-order valence-corrected chi connectivity index (χ4v) is 4.46. The van der Waals surface area contributed by atoms with Gasteiger partial charge in [-0.05, 0) is 55.3 Å². The van der Waals surface area contributed by atoms with Crippen LogP contribution in [0.2, 0.25) is 0 Å². The molecule has 5 rings (SSSR count). The molecule has 2 aromatic heterocycles. The number of fused-ring (bicyclic) bond motifs is 1. The Bertz CT molecular complexity index is 1820. The lowest BCUT2D eigenvalue weighted by Crippen LogP contribution is -2.24. The number of nitrogens with zero attached hydrogens (tertiary/aromatic N) is 5. The van der Waals surface area contributed by atoms with Gasteiger partial charge >= 0.3 is 5.97 Å². The summed E-state index contributed by atoms with van der Waals surface area (Å²) in [7, 11) is 1.36. The second kappa shape index (κ2) is 13.7. The van der Waals surface area contributed by atoms with Crippen LogP contribution in [0.5, 0.6) is 0 Å². The van der Waals surface area contributed by atoms with Gasteiger partial charge in [0.2, 0.25) is 0 Å². The Morgan fingerprint density at radius 1 is 0.977 bits per heavy atom. The molecule has 0 spiro atoms. The molecule has 0 aliphatic heterocycles. The summed E-state index contributed by atoms with van der Waals surface area (Å²) in [5.41, 5.74) is 14.5. The van der Waals surface area contributed by atoms with Crippen molar-refractivity contribution in [2.75, 3.05) is 23.9 Å². The van der Waals surface area contributed by atoms with Crippen molar-refractivity contribution in [2.45, 2.75) is 33.2 Å². The topological polar surface area (TPSA) is 175 Å². The number of anilines is 3. The molecule has 0 fully saturated rings. The van der Waals surface area contributed by atoms with E-state index in [0.29, 0.717) is 35.3 Å². The van der Waals surface area contributed by atoms with Gasteiger partial charge in [0.05, 0.1) is 29.3 Å². The van der Waals surface area contributed by atoms with E-state index in [1.54, 1.807) is 23.6 Å². The zero-order valence-corrected chi connectivity index (χ0v) is 24.2. The van der Waals surface area contributed by atoms with E-state index in [1.807, 2.05) is 66.7 Å². The zero-order valence-electron chi connectivity index (χ0n) is 24.2. The van der Waals surface area contributed by atoms with Crippen LogP contribution in [0.25, 0.3) is 16.6 Å². The molecule has 0 saturated heterocycles. The minimum absolute atomic E-state index is 0.0891. The van der Waals surface area contributed by atoms with Crippen LogP contribution in [0.15, 0.2) is 77.6 Å². The summed E-state index contributed by atoms with van der Waals surface area (Å²) in [4.78, 5) is 37.6. The van der Waals surface area contributed by atoms with Crippen molar-refractivity contribution in [3.05, 3.63) is 111 Å². The normalized spacial score (nSPS) is 10.4. The smallest absolute Gasteiger partial charge is 0.337 e. The van der Waals surface area contributed by atoms with Gasteiger partial charge in [0.25, 0.3) is 5.56 Å². The van der Waals surface area contributed by atoms with Gasteiger partial charge < -0.3 is 21.5 Å². The summed E-state index contributed by atoms with van der Waals surface area (Å²) in [6, 6.07) is 24.3. The summed E-state index contributed by atoms with van der Waals surface area (Å²) in [6.07, 6.45) is 1.61. The number of carbonyl (C=O) groups excluding carboxylic acids is 1. The number of nitrogens with two attached hydrogens (primary N) is 2. The highest BCUT2D eigenvalue weighted by Crippen LogP contribution is 2.22. The van der Waals surface area contributed by atoms with Gasteiger partial charge in [-0.15, -0.1) is 0 Å². The van der Waals surface area contributed by atoms with E-state index in [2.05, 4.69) is 22.2 Å². The number of esters is 1. The van der Waals surface area contributed by atoms with Crippen LogP contribution in [-0.2, 0) is 17.7 Å². The average molecular weight is 577 g/mol. The number of aryl methyl sites for hydroxylation is 2. The maximum Gasteiger partial charge on any atom is 0.337 e. The number of methoxy groups -OCH3 is 1. The molecule has 0 atom stereocenters. The number of ether oxygens (including phenoxy) is 1. The molecule has 218 valence electrons. The van der Waals surface area contributed by atoms with Crippen LogP contribution in [0.4, 0.5) is 17.3 Å². The predicted molar refractivity (Wildman–Crippen MR) is 167 cm³/mol. The maximum absolute atomic E-state index is 13.6. The maximum atomic E-state index is 13.6. The van der Waals surface area contributed by atoms with E-state index in [1.165, 1.54) is 7.11 Å². The Labute approximate surface area is 248 Å². The lowest BCUT2D eigenvalue weighted by Gasteiger charge is -2.15. The standard InChI is InChI=1S/C26H25N3O3.C6H7N5/c1-3-8-23-28-22-12-7-11-21(24(22)25(30)29(23)20-9-5-4-6-10-20)27-17-18-13-15-19(16-14-18)26(31)32-2;1-3-10-5(8)4(2-7)6(9)11-3/h4-7,9-16,27H,3,8,17H2,1-2H3;1H3,(H4,8,9,10,11). The summed E-state index contributed by atoms with van der Waals surface area (Å²) >= 11 is 0. The van der Waals surface area contributed by atoms with Gasteiger partial charge in [-0.1, -0.05) is 43.3 Å². The van der Waals surface area contributed by atoms with Crippen molar-refractivity contribution in [1.29, 1.82) is 5.26 Å². The number of aromatic nitrogens is 4. The lowest BCUT2D eigenvalue weighted by atomic mass is 10.1. The average Bonchev–Trinajstić information content (AvgIpc) is 3.00. The number of benzene rings is 3. The zero-order chi connectivity index (χ0) is 30.9. The third-order valence-corrected chi connectivity index (χ3v) is 6.50. The van der Waals surface area contributed by atoms with Crippen molar-refractivity contribution in [2.24, 2.45) is 0 Å². The first kappa shape index (κ1) is 30.2. The van der Waals surface area contributed by atoms with E-state index < -0.39 is 0 Å². The Hall–Kier alpha value is -5.76. The van der Waals surface area contributed by atoms with Crippen molar-refractivity contribution >= 4 is 34.2 Å². The summed E-state index contributed by atoms with van der Waals surface area (Å²) in [5, 5.41) is 12.4. The number of nitrogen functional groups attached to an aromatic ring is 2. The molecular weight excluding hydrogens is 544 g/mol. The van der Waals surface area contributed by atoms with E-state index in [4.69, 9.17) is 26.5 Å². The van der Waals surface area contributed by atoms with E-state index >= 15 is 0 Å². The van der Waals surface area contributed by atoms with Crippen molar-refractivity contribution in [3.8, 4) is 11.8 Å². The van der Waals surface area contributed by atoms with E-state index in [9.17, 15) is 9.59 Å². The molecule has 0 aliphatic carbocycles. The van der Waals surface area contributed by atoms with Crippen LogP contribution in [0.1, 0.15) is 46.5 Å². The Morgan fingerprint density at radius 2 is 1.65 bits per heavy atom. The molecule has 0 unspecified atom stereocenters. The van der Waals surface area contributed by atoms with Crippen molar-refractivity contribution in [3.63, 3.8) is 0 Å². The van der Waals surface area contributed by atoms with Crippen LogP contribution >= 0.6 is 0 Å². The summed E-state index contributed by atoms with van der Waals surface area (Å²) < 4.78 is 6.45. The molecule has 11 heteroatoms. The fourth-order valence-electron chi connectivity index (χ4n) is 4.46. The van der Waals surface area contributed by atoms with E-state index in [0.717, 1.165) is 29.2 Å². The first-order valence-corrected chi connectivity index (χ1v) is 13.6. The van der Waals surface area contributed by atoms with Gasteiger partial charge in [-0.3, -0.25) is 9.36 Å². The molecule has 0 aliphatic rings. The number of carbonyl (C=O) groups is 1. The second-order valence-corrected chi connectivity index (χ2v) is 9.52. The summed E-state index contributed by atoms with van der Waals surface area (Å²) in [5.74, 6) is 1.13. The number of hydrogen-bond acceptors (Lipinski definition) is 10. The molecule has 5 N–H and O–H groups in total. The molecule has 43 heavy (non-hydrogen) atoms. The van der Waals surface area contributed by atoms with Crippen LogP contribution in [0.3, 0.4) is 0 Å². The first-order chi connectivity index (χ1) is 20.8. The molecule has 2 heterocycles. The highest BCUT2D eigenvalue weighted by molar-refractivity contribution is 5.91. The highest BCUT2D eigenvalue weighted by Gasteiger charge is 2.15. The van der Waals surface area contributed by atoms with Crippen LogP contribution in [0, 0.1) is 18.3 Å². The number of rotatable bonds is 7. The number of para-hydroxylation sites is 1. The second-order valence-electron chi connectivity index (χ2n) is 9.52. The molecule has 0 radical (unpaired) electrons. The number of nitriles is 1. The van der Waals surface area contributed by atoms with Gasteiger partial charge in [0, 0.05) is 18.7 Å². The minimum atomic E-state index is -0.367. The minimum Gasteiger partial charge on any atom is -0.465 e. The van der Waals surface area contributed by atoms with Gasteiger partial charge in [-0.25, -0.2) is 19.7 Å². The van der Waals surface area contributed by atoms with Gasteiger partial charge in [-0.2, -0.15) is 5.26 Å². The van der Waals surface area contributed by atoms with Gasteiger partial charge in [0.1, 0.15) is 34.9 Å². The van der Waals surface area contributed by atoms with Crippen molar-refractivity contribution in [1.82, 2.24) is 19.5 Å². The van der Waals surface area contributed by atoms with Crippen LogP contribution in [-0.4, -0.2) is 32.6 Å². The lowest BCUT2D eigenvalue weighted by molar-refractivity contribution is 0.0600. The fraction of sp³-hybridized carbons (Fsp3) is 0.188. The SMILES string of the molecule is CCCc1nc2cccc(NCc3ccc(C(=O)OC)cc3)c2c(=O)n1-c1ccccc1.Cc1nc(N)c(C#N)c(N)n1. The van der Waals surface area contributed by atoms with Crippen LogP contribution < -0.4 is 22.3 Å². The van der Waals surface area contributed by atoms with Crippen molar-refractivity contribution < 1.29 is 9.53 Å². The summed E-state index contributed by atoms with van der Waals surface area (Å²) in [6.45, 7) is 4.24. The quantitative estimate of drug-likeness (QED) is 0.233. The third-order valence-electron chi connectivity index (χ3n) is 6.50. The highest BCUT2D eigenvalue weighted by atomic mass is 16.5. The third kappa shape index (κ3) is 6.94. The van der Waals surface area contributed by atoms with Gasteiger partial charge in [0.15, 0.2) is 0 Å². The predicted octanol–water partition coefficient (Wildman–Crippen LogP) is 4.56. The Balaban J connectivity index is 0.000000324. The number of hydrogen-bond donors (Lipinski definition) is 3. The molecule has 5 aromatic rings. The van der Waals surface area contributed by atoms with E-state index in [-0.39, 0.29) is 28.7 Å². The monoisotopic (exact) mass is 576 g/mol. The molecule has 0 saturated carbocycles. The molecule has 11 nitrogen and oxygen atoms in total. The Kier molecular flexibility index (Phi) is 9.65. The molecule has 0 bridgehead atoms.